The minimum atomic E-state index is 0.592. The fourth-order valence-electron chi connectivity index (χ4n) is 7.68. The fraction of sp³-hybridized carbons (Fsp3) is 0. The van der Waals surface area contributed by atoms with Gasteiger partial charge in [0, 0.05) is 43.6 Å². The van der Waals surface area contributed by atoms with Gasteiger partial charge in [-0.05, 0) is 76.2 Å². The third-order valence-electron chi connectivity index (χ3n) is 10.3. The maximum Gasteiger partial charge on any atom is 0.164 e. The molecule has 0 aliphatic carbocycles. The lowest BCUT2D eigenvalue weighted by molar-refractivity contribution is 0.669. The van der Waals surface area contributed by atoms with Crippen LogP contribution in [-0.4, -0.2) is 15.0 Å². The van der Waals surface area contributed by atoms with Gasteiger partial charge in [0.1, 0.15) is 22.3 Å². The zero-order chi connectivity index (χ0) is 35.6. The molecule has 3 aromatic heterocycles. The molecule has 54 heavy (non-hydrogen) atoms. The zero-order valence-electron chi connectivity index (χ0n) is 28.9. The van der Waals surface area contributed by atoms with Crippen LogP contribution in [0.4, 0.5) is 0 Å². The van der Waals surface area contributed by atoms with Crippen LogP contribution in [0.25, 0.3) is 111 Å². The van der Waals surface area contributed by atoms with Crippen LogP contribution in [0, 0.1) is 0 Å². The Morgan fingerprint density at radius 2 is 0.852 bits per heavy atom. The van der Waals surface area contributed by atoms with E-state index in [0.717, 1.165) is 82.5 Å². The molecule has 0 atom stereocenters. The number of benzene rings is 8. The molecule has 11 rings (SSSR count). The Bertz CT molecular complexity index is 3220. The van der Waals surface area contributed by atoms with E-state index in [2.05, 4.69) is 109 Å². The second-order valence-electron chi connectivity index (χ2n) is 13.6. The van der Waals surface area contributed by atoms with E-state index < -0.39 is 0 Å². The van der Waals surface area contributed by atoms with Crippen LogP contribution in [0.1, 0.15) is 0 Å². The van der Waals surface area contributed by atoms with E-state index >= 15 is 0 Å². The van der Waals surface area contributed by atoms with Crippen molar-refractivity contribution in [3.05, 3.63) is 176 Å². The molecule has 0 unspecified atom stereocenters. The van der Waals surface area contributed by atoms with E-state index in [1.807, 2.05) is 66.7 Å². The number of hydrogen-bond acceptors (Lipinski definition) is 5. The van der Waals surface area contributed by atoms with Gasteiger partial charge >= 0.3 is 0 Å². The van der Waals surface area contributed by atoms with Crippen molar-refractivity contribution in [3.63, 3.8) is 0 Å². The van der Waals surface area contributed by atoms with Crippen molar-refractivity contribution in [2.45, 2.75) is 0 Å². The maximum atomic E-state index is 6.73. The highest BCUT2D eigenvalue weighted by Gasteiger charge is 2.20. The smallest absolute Gasteiger partial charge is 0.164 e. The molecule has 11 aromatic rings. The van der Waals surface area contributed by atoms with Gasteiger partial charge in [-0.1, -0.05) is 127 Å². The SMILES string of the molecule is c1ccc(-c2cccc(-c3ccc4c(c3)oc3c5ccccc5c(-c5nc(-c6ccccc6)nc(-c6ccc7oc8ccccc8c7c6)n5)cc43)c2)cc1. The molecule has 5 nitrogen and oxygen atoms in total. The molecule has 0 amide bonds. The first kappa shape index (κ1) is 30.3. The van der Waals surface area contributed by atoms with Crippen molar-refractivity contribution in [1.29, 1.82) is 0 Å². The topological polar surface area (TPSA) is 65.0 Å². The predicted molar refractivity (Wildman–Crippen MR) is 219 cm³/mol. The molecule has 252 valence electrons. The Labute approximate surface area is 309 Å². The zero-order valence-corrected chi connectivity index (χ0v) is 28.9. The molecule has 5 heteroatoms. The average Bonchev–Trinajstić information content (AvgIpc) is 3.82. The molecule has 0 aliphatic rings. The summed E-state index contributed by atoms with van der Waals surface area (Å²) in [6, 6.07) is 60.5. The first-order chi connectivity index (χ1) is 26.7. The van der Waals surface area contributed by atoms with Gasteiger partial charge in [0.15, 0.2) is 17.5 Å². The van der Waals surface area contributed by atoms with Crippen molar-refractivity contribution >= 4 is 54.6 Å². The van der Waals surface area contributed by atoms with Gasteiger partial charge in [-0.2, -0.15) is 0 Å². The van der Waals surface area contributed by atoms with E-state index in [-0.39, 0.29) is 0 Å². The lowest BCUT2D eigenvalue weighted by atomic mass is 9.97. The van der Waals surface area contributed by atoms with Crippen molar-refractivity contribution in [2.75, 3.05) is 0 Å². The minimum absolute atomic E-state index is 0.592. The fourth-order valence-corrected chi connectivity index (χ4v) is 7.68. The Balaban J connectivity index is 1.10. The highest BCUT2D eigenvalue weighted by Crippen LogP contribution is 2.41. The summed E-state index contributed by atoms with van der Waals surface area (Å²) in [5.74, 6) is 1.80. The van der Waals surface area contributed by atoms with Crippen LogP contribution in [0.15, 0.2) is 185 Å². The Morgan fingerprint density at radius 3 is 1.67 bits per heavy atom. The van der Waals surface area contributed by atoms with E-state index in [9.17, 15) is 0 Å². The molecular weight excluding hydrogens is 663 g/mol. The molecule has 0 spiro atoms. The first-order valence-corrected chi connectivity index (χ1v) is 18.0. The predicted octanol–water partition coefficient (Wildman–Crippen LogP) is 13.2. The Kier molecular flexibility index (Phi) is 6.79. The highest BCUT2D eigenvalue weighted by molar-refractivity contribution is 6.19. The molecule has 0 N–H and O–H groups in total. The molecule has 0 saturated heterocycles. The third kappa shape index (κ3) is 4.98. The van der Waals surface area contributed by atoms with E-state index in [0.29, 0.717) is 17.5 Å². The van der Waals surface area contributed by atoms with E-state index in [4.69, 9.17) is 23.8 Å². The minimum Gasteiger partial charge on any atom is -0.456 e. The van der Waals surface area contributed by atoms with E-state index in [1.165, 1.54) is 11.1 Å². The molecule has 0 bridgehead atoms. The number of hydrogen-bond donors (Lipinski definition) is 0. The van der Waals surface area contributed by atoms with Crippen molar-refractivity contribution in [1.82, 2.24) is 15.0 Å². The molecular formula is C49H29N3O2. The van der Waals surface area contributed by atoms with Gasteiger partial charge < -0.3 is 8.83 Å². The third-order valence-corrected chi connectivity index (χ3v) is 10.3. The van der Waals surface area contributed by atoms with Crippen molar-refractivity contribution in [3.8, 4) is 56.4 Å². The molecule has 0 fully saturated rings. The number of fused-ring (bicyclic) bond motifs is 8. The van der Waals surface area contributed by atoms with Gasteiger partial charge in [0.25, 0.3) is 0 Å². The average molecular weight is 692 g/mol. The largest absolute Gasteiger partial charge is 0.456 e. The summed E-state index contributed by atoms with van der Waals surface area (Å²) in [6.45, 7) is 0. The van der Waals surface area contributed by atoms with Crippen LogP contribution in [0.2, 0.25) is 0 Å². The maximum absolute atomic E-state index is 6.73. The number of aromatic nitrogens is 3. The highest BCUT2D eigenvalue weighted by atomic mass is 16.3. The summed E-state index contributed by atoms with van der Waals surface area (Å²) in [5.41, 5.74) is 10.7. The van der Waals surface area contributed by atoms with Gasteiger partial charge in [-0.15, -0.1) is 0 Å². The second-order valence-corrected chi connectivity index (χ2v) is 13.6. The summed E-state index contributed by atoms with van der Waals surface area (Å²) < 4.78 is 12.9. The van der Waals surface area contributed by atoms with Gasteiger partial charge in [-0.25, -0.2) is 15.0 Å². The van der Waals surface area contributed by atoms with Crippen molar-refractivity contribution < 1.29 is 8.83 Å². The number of para-hydroxylation sites is 1. The lowest BCUT2D eigenvalue weighted by Gasteiger charge is -2.11. The van der Waals surface area contributed by atoms with Gasteiger partial charge in [-0.3, -0.25) is 0 Å². The van der Waals surface area contributed by atoms with Gasteiger partial charge in [0.2, 0.25) is 0 Å². The summed E-state index contributed by atoms with van der Waals surface area (Å²) in [4.78, 5) is 15.4. The summed E-state index contributed by atoms with van der Waals surface area (Å²) in [5, 5.41) is 6.14. The molecule has 0 radical (unpaired) electrons. The van der Waals surface area contributed by atoms with Crippen molar-refractivity contribution in [2.24, 2.45) is 0 Å². The number of furan rings is 2. The van der Waals surface area contributed by atoms with Crippen LogP contribution in [-0.2, 0) is 0 Å². The molecule has 0 aliphatic heterocycles. The second kappa shape index (κ2) is 12.1. The van der Waals surface area contributed by atoms with Crippen LogP contribution in [0.3, 0.4) is 0 Å². The lowest BCUT2D eigenvalue weighted by Crippen LogP contribution is -2.00. The first-order valence-electron chi connectivity index (χ1n) is 18.0. The van der Waals surface area contributed by atoms with E-state index in [1.54, 1.807) is 0 Å². The molecule has 8 aromatic carbocycles. The van der Waals surface area contributed by atoms with Crippen LogP contribution >= 0.6 is 0 Å². The van der Waals surface area contributed by atoms with Crippen LogP contribution in [0.5, 0.6) is 0 Å². The molecule has 3 heterocycles. The van der Waals surface area contributed by atoms with Gasteiger partial charge in [0.05, 0.1) is 0 Å². The summed E-state index contributed by atoms with van der Waals surface area (Å²) in [6.07, 6.45) is 0. The molecule has 0 saturated carbocycles. The number of rotatable bonds is 5. The summed E-state index contributed by atoms with van der Waals surface area (Å²) >= 11 is 0. The Hall–Kier alpha value is -7.37. The number of nitrogens with zero attached hydrogens (tertiary/aromatic N) is 3. The normalized spacial score (nSPS) is 11.7. The van der Waals surface area contributed by atoms with Crippen LogP contribution < -0.4 is 0 Å². The standard InChI is InChI=1S/C49H29N3O2/c1-3-12-30(13-4-1)32-16-11-17-33(26-32)34-22-24-38-41-29-42(36-18-7-8-20-39(36)46(41)54-45(38)28-34)49-51-47(31-14-5-2-6-15-31)50-48(52-49)35-23-25-44-40(27-35)37-19-9-10-21-43(37)53-44/h1-29H. The quantitative estimate of drug-likeness (QED) is 0.180. The monoisotopic (exact) mass is 691 g/mol. The summed E-state index contributed by atoms with van der Waals surface area (Å²) in [7, 11) is 0. The Morgan fingerprint density at radius 1 is 0.278 bits per heavy atom.